The third-order valence-electron chi connectivity index (χ3n) is 3.93. The number of nitrogens with zero attached hydrogens (tertiary/aromatic N) is 3. The van der Waals surface area contributed by atoms with Crippen LogP contribution < -0.4 is 9.47 Å². The highest BCUT2D eigenvalue weighted by atomic mass is 16.5. The molecule has 2 heterocycles. The van der Waals surface area contributed by atoms with E-state index in [1.807, 2.05) is 18.2 Å². The molecule has 0 atom stereocenters. The minimum Gasteiger partial charge on any atom is -0.493 e. The van der Waals surface area contributed by atoms with Gasteiger partial charge in [-0.15, -0.1) is 0 Å². The van der Waals surface area contributed by atoms with Crippen molar-refractivity contribution in [2.75, 3.05) is 27.3 Å². The average molecular weight is 317 g/mol. The Morgan fingerprint density at radius 3 is 2.65 bits per heavy atom. The zero-order chi connectivity index (χ0) is 16.4. The number of carbonyl (C=O) groups excluding carboxylic acids is 1. The van der Waals surface area contributed by atoms with Gasteiger partial charge in [0.05, 0.1) is 26.6 Å². The molecule has 1 saturated heterocycles. The van der Waals surface area contributed by atoms with Crippen LogP contribution in [0.1, 0.15) is 23.2 Å². The van der Waals surface area contributed by atoms with Crippen LogP contribution in [-0.4, -0.2) is 48.3 Å². The molecule has 122 valence electrons. The summed E-state index contributed by atoms with van der Waals surface area (Å²) in [6.45, 7) is 3.02. The van der Waals surface area contributed by atoms with Crippen LogP contribution in [0.4, 0.5) is 0 Å². The minimum absolute atomic E-state index is 0.0738. The predicted molar refractivity (Wildman–Crippen MR) is 81.6 cm³/mol. The topological polar surface area (TPSA) is 77.7 Å². The zero-order valence-electron chi connectivity index (χ0n) is 13.4. The second-order valence-electron chi connectivity index (χ2n) is 5.54. The maximum Gasteiger partial charge on any atom is 0.233 e. The van der Waals surface area contributed by atoms with Crippen molar-refractivity contribution < 1.29 is 18.8 Å². The van der Waals surface area contributed by atoms with E-state index in [1.165, 1.54) is 0 Å². The number of rotatable bonds is 5. The van der Waals surface area contributed by atoms with Gasteiger partial charge in [-0.05, 0) is 24.6 Å². The summed E-state index contributed by atoms with van der Waals surface area (Å²) >= 11 is 0. The summed E-state index contributed by atoms with van der Waals surface area (Å²) in [4.78, 5) is 18.3. The zero-order valence-corrected chi connectivity index (χ0v) is 13.4. The number of aryl methyl sites for hydroxylation is 1. The second-order valence-corrected chi connectivity index (χ2v) is 5.54. The van der Waals surface area contributed by atoms with E-state index in [-0.39, 0.29) is 11.8 Å². The number of hydrogen-bond donors (Lipinski definition) is 0. The van der Waals surface area contributed by atoms with E-state index in [2.05, 4.69) is 10.1 Å². The number of carbonyl (C=O) groups is 1. The lowest BCUT2D eigenvalue weighted by Gasteiger charge is -2.37. The summed E-state index contributed by atoms with van der Waals surface area (Å²) < 4.78 is 15.6. The van der Waals surface area contributed by atoms with Gasteiger partial charge in [0.1, 0.15) is 0 Å². The van der Waals surface area contributed by atoms with Crippen molar-refractivity contribution in [3.05, 3.63) is 35.5 Å². The Hall–Kier alpha value is -2.57. The summed E-state index contributed by atoms with van der Waals surface area (Å²) in [5.41, 5.74) is 0.893. The first-order chi connectivity index (χ1) is 11.1. The number of methoxy groups -OCH3 is 2. The molecule has 1 aromatic heterocycles. The lowest BCUT2D eigenvalue weighted by Crippen LogP contribution is -2.49. The van der Waals surface area contributed by atoms with E-state index in [4.69, 9.17) is 14.0 Å². The maximum atomic E-state index is 12.3. The molecule has 7 heteroatoms. The molecule has 0 saturated carbocycles. The molecule has 0 aliphatic carbocycles. The highest BCUT2D eigenvalue weighted by Gasteiger charge is 2.35. The van der Waals surface area contributed by atoms with Crippen molar-refractivity contribution in [2.45, 2.75) is 19.3 Å². The van der Waals surface area contributed by atoms with E-state index < -0.39 is 0 Å². The molecule has 0 spiro atoms. The van der Waals surface area contributed by atoms with Crippen molar-refractivity contribution in [3.63, 3.8) is 0 Å². The van der Waals surface area contributed by atoms with Crippen LogP contribution in [0.2, 0.25) is 0 Å². The molecule has 1 aliphatic heterocycles. The van der Waals surface area contributed by atoms with Crippen LogP contribution in [0.3, 0.4) is 0 Å². The van der Waals surface area contributed by atoms with Gasteiger partial charge < -0.3 is 18.9 Å². The van der Waals surface area contributed by atoms with Crippen LogP contribution in [0.5, 0.6) is 11.5 Å². The number of likely N-dealkylation sites (tertiary alicyclic amines) is 1. The first kappa shape index (κ1) is 15.3. The summed E-state index contributed by atoms with van der Waals surface area (Å²) in [5, 5.41) is 3.78. The molecule has 1 amide bonds. The van der Waals surface area contributed by atoms with Gasteiger partial charge in [-0.2, -0.15) is 4.98 Å². The minimum atomic E-state index is 0.0738. The van der Waals surface area contributed by atoms with E-state index in [9.17, 15) is 4.79 Å². The van der Waals surface area contributed by atoms with Crippen molar-refractivity contribution in [3.8, 4) is 11.5 Å². The molecular formula is C16H19N3O4. The van der Waals surface area contributed by atoms with Crippen molar-refractivity contribution >= 4 is 5.91 Å². The molecule has 2 aromatic rings. The SMILES string of the molecule is COc1ccc(CC(=O)N2CC(c3nc(C)no3)C2)cc1OC. The molecule has 0 N–H and O–H groups in total. The van der Waals surface area contributed by atoms with Gasteiger partial charge in [0.15, 0.2) is 17.3 Å². The quantitative estimate of drug-likeness (QED) is 0.833. The Morgan fingerprint density at radius 2 is 2.04 bits per heavy atom. The van der Waals surface area contributed by atoms with Gasteiger partial charge in [0.25, 0.3) is 0 Å². The molecule has 0 radical (unpaired) electrons. The highest BCUT2D eigenvalue weighted by Crippen LogP contribution is 2.29. The fourth-order valence-electron chi connectivity index (χ4n) is 2.59. The van der Waals surface area contributed by atoms with E-state index >= 15 is 0 Å². The monoisotopic (exact) mass is 317 g/mol. The van der Waals surface area contributed by atoms with Crippen LogP contribution >= 0.6 is 0 Å². The van der Waals surface area contributed by atoms with Crippen molar-refractivity contribution in [2.24, 2.45) is 0 Å². The average Bonchev–Trinajstić information content (AvgIpc) is 2.91. The smallest absolute Gasteiger partial charge is 0.233 e. The summed E-state index contributed by atoms with van der Waals surface area (Å²) in [6.07, 6.45) is 0.329. The summed E-state index contributed by atoms with van der Waals surface area (Å²) in [6, 6.07) is 5.51. The molecule has 1 aliphatic rings. The van der Waals surface area contributed by atoms with E-state index in [0.717, 1.165) is 5.56 Å². The van der Waals surface area contributed by atoms with Crippen molar-refractivity contribution in [1.82, 2.24) is 15.0 Å². The van der Waals surface area contributed by atoms with E-state index in [1.54, 1.807) is 26.0 Å². The molecule has 3 rings (SSSR count). The Kier molecular flexibility index (Phi) is 4.18. The maximum absolute atomic E-state index is 12.3. The van der Waals surface area contributed by atoms with Crippen LogP contribution in [-0.2, 0) is 11.2 Å². The highest BCUT2D eigenvalue weighted by molar-refractivity contribution is 5.80. The molecule has 23 heavy (non-hydrogen) atoms. The Balaban J connectivity index is 1.58. The largest absolute Gasteiger partial charge is 0.493 e. The Labute approximate surface area is 134 Å². The molecule has 0 unspecified atom stereocenters. The normalized spacial score (nSPS) is 14.5. The van der Waals surface area contributed by atoms with E-state index in [0.29, 0.717) is 42.7 Å². The molecule has 1 fully saturated rings. The molecule has 0 bridgehead atoms. The van der Waals surface area contributed by atoms with Gasteiger partial charge in [0.2, 0.25) is 11.8 Å². The summed E-state index contributed by atoms with van der Waals surface area (Å²) in [7, 11) is 3.16. The fraction of sp³-hybridized carbons (Fsp3) is 0.438. The second kappa shape index (κ2) is 6.28. The van der Waals surface area contributed by atoms with Gasteiger partial charge in [-0.25, -0.2) is 0 Å². The van der Waals surface area contributed by atoms with Crippen LogP contribution in [0.15, 0.2) is 22.7 Å². The Bertz CT molecular complexity index is 707. The fourth-order valence-corrected chi connectivity index (χ4v) is 2.59. The standard InChI is InChI=1S/C16H19N3O4/c1-10-17-16(23-18-10)12-8-19(9-12)15(20)7-11-4-5-13(21-2)14(6-11)22-3/h4-6,12H,7-9H2,1-3H3. The third kappa shape index (κ3) is 3.13. The van der Waals surface area contributed by atoms with Gasteiger partial charge >= 0.3 is 0 Å². The van der Waals surface area contributed by atoms with Gasteiger partial charge in [-0.3, -0.25) is 4.79 Å². The number of amides is 1. The lowest BCUT2D eigenvalue weighted by molar-refractivity contribution is -0.135. The van der Waals surface area contributed by atoms with Gasteiger partial charge in [0, 0.05) is 13.1 Å². The predicted octanol–water partition coefficient (Wildman–Crippen LogP) is 1.56. The number of hydrogen-bond acceptors (Lipinski definition) is 6. The van der Waals surface area contributed by atoms with Crippen molar-refractivity contribution in [1.29, 1.82) is 0 Å². The van der Waals surface area contributed by atoms with Crippen LogP contribution in [0, 0.1) is 6.92 Å². The van der Waals surface area contributed by atoms with Crippen LogP contribution in [0.25, 0.3) is 0 Å². The first-order valence-electron chi connectivity index (χ1n) is 7.39. The van der Waals surface area contributed by atoms with Gasteiger partial charge in [-0.1, -0.05) is 11.2 Å². The number of ether oxygens (including phenoxy) is 2. The number of benzene rings is 1. The third-order valence-corrected chi connectivity index (χ3v) is 3.93. The Morgan fingerprint density at radius 1 is 1.30 bits per heavy atom. The summed E-state index contributed by atoms with van der Waals surface area (Å²) in [5.74, 6) is 2.73. The molecular weight excluding hydrogens is 298 g/mol. The molecule has 1 aromatic carbocycles. The molecule has 7 nitrogen and oxygen atoms in total. The lowest BCUT2D eigenvalue weighted by atomic mass is 9.98. The number of aromatic nitrogens is 2. The first-order valence-corrected chi connectivity index (χ1v) is 7.39.